The quantitative estimate of drug-likeness (QED) is 0.804. The van der Waals surface area contributed by atoms with Crippen LogP contribution in [0.5, 0.6) is 0 Å². The molecule has 1 aromatic rings. The molecule has 0 saturated heterocycles. The fourth-order valence-corrected chi connectivity index (χ4v) is 2.55. The minimum atomic E-state index is -0.909. The van der Waals surface area contributed by atoms with Crippen LogP contribution >= 0.6 is 11.3 Å². The summed E-state index contributed by atoms with van der Waals surface area (Å²) in [5, 5.41) is 10.6. The van der Waals surface area contributed by atoms with Crippen LogP contribution in [0, 0.1) is 5.92 Å². The first-order valence-electron chi connectivity index (χ1n) is 6.08. The maximum Gasteiger partial charge on any atom is 0.328 e. The Labute approximate surface area is 113 Å². The van der Waals surface area contributed by atoms with Crippen LogP contribution in [-0.2, 0) is 11.3 Å². The normalized spacial score (nSPS) is 13.7. The van der Waals surface area contributed by atoms with Crippen molar-refractivity contribution in [2.75, 3.05) is 7.05 Å². The van der Waals surface area contributed by atoms with Gasteiger partial charge >= 0.3 is 5.97 Å². The van der Waals surface area contributed by atoms with Gasteiger partial charge in [0, 0.05) is 23.5 Å². The van der Waals surface area contributed by atoms with Crippen LogP contribution in [0.4, 0.5) is 0 Å². The number of rotatable bonds is 6. The van der Waals surface area contributed by atoms with Crippen LogP contribution in [0.25, 0.3) is 6.08 Å². The number of thiophene rings is 1. The van der Waals surface area contributed by atoms with Crippen LogP contribution in [0.3, 0.4) is 0 Å². The predicted octanol–water partition coefficient (Wildman–Crippen LogP) is 3.32. The average molecular weight is 267 g/mol. The predicted molar refractivity (Wildman–Crippen MR) is 76.8 cm³/mol. The summed E-state index contributed by atoms with van der Waals surface area (Å²) in [6.45, 7) is 7.57. The molecule has 0 fully saturated rings. The Morgan fingerprint density at radius 3 is 2.72 bits per heavy atom. The molecule has 0 amide bonds. The smallest absolute Gasteiger partial charge is 0.328 e. The van der Waals surface area contributed by atoms with E-state index in [0.29, 0.717) is 12.0 Å². The van der Waals surface area contributed by atoms with Gasteiger partial charge in [0.05, 0.1) is 0 Å². The molecule has 1 heterocycles. The second-order valence-electron chi connectivity index (χ2n) is 4.92. The molecule has 3 nitrogen and oxygen atoms in total. The van der Waals surface area contributed by atoms with Crippen molar-refractivity contribution in [2.45, 2.75) is 33.4 Å². The number of carboxylic acids is 1. The molecule has 0 aliphatic heterocycles. The van der Waals surface area contributed by atoms with Crippen molar-refractivity contribution in [3.63, 3.8) is 0 Å². The molecule has 0 saturated carbocycles. The molecule has 1 unspecified atom stereocenters. The van der Waals surface area contributed by atoms with E-state index in [-0.39, 0.29) is 0 Å². The molecule has 4 heteroatoms. The molecule has 0 bridgehead atoms. The second kappa shape index (κ2) is 6.71. The first kappa shape index (κ1) is 14.9. The lowest BCUT2D eigenvalue weighted by Gasteiger charge is -2.27. The first-order chi connectivity index (χ1) is 8.40. The number of aliphatic carboxylic acids is 1. The van der Waals surface area contributed by atoms with Crippen LogP contribution in [0.2, 0.25) is 0 Å². The Bertz CT molecular complexity index is 423. The summed E-state index contributed by atoms with van der Waals surface area (Å²) in [6, 6.07) is 2.58. The van der Waals surface area contributed by atoms with Crippen molar-refractivity contribution < 1.29 is 9.90 Å². The Kier molecular flexibility index (Phi) is 5.56. The fraction of sp³-hybridized carbons (Fsp3) is 0.500. The molecule has 1 aromatic heterocycles. The van der Waals surface area contributed by atoms with E-state index >= 15 is 0 Å². The van der Waals surface area contributed by atoms with Crippen molar-refractivity contribution in [3.8, 4) is 0 Å². The summed E-state index contributed by atoms with van der Waals surface area (Å²) in [5.41, 5.74) is 0.961. The molecular formula is C14H21NO2S. The topological polar surface area (TPSA) is 40.5 Å². The number of carbonyl (C=O) groups is 1. The highest BCUT2D eigenvalue weighted by Gasteiger charge is 2.13. The van der Waals surface area contributed by atoms with Crippen molar-refractivity contribution in [2.24, 2.45) is 5.92 Å². The van der Waals surface area contributed by atoms with Gasteiger partial charge in [0.2, 0.25) is 0 Å². The van der Waals surface area contributed by atoms with Gasteiger partial charge in [-0.25, -0.2) is 4.79 Å². The molecule has 1 N–H and O–H groups in total. The van der Waals surface area contributed by atoms with Crippen LogP contribution in [0.15, 0.2) is 17.5 Å². The van der Waals surface area contributed by atoms with E-state index in [1.807, 2.05) is 11.4 Å². The number of carboxylic acid groups (broad SMARTS) is 1. The summed E-state index contributed by atoms with van der Waals surface area (Å²) in [5.74, 6) is -0.283. The molecular weight excluding hydrogens is 246 g/mol. The standard InChI is InChI=1S/C14H21NO2S/c1-10(2)11(3)15(4)8-13-7-12(9-18-13)5-6-14(16)17/h5-7,9-11H,8H2,1-4H3,(H,16,17). The van der Waals surface area contributed by atoms with E-state index < -0.39 is 5.97 Å². The molecule has 0 aliphatic rings. The summed E-state index contributed by atoms with van der Waals surface area (Å²) in [7, 11) is 2.12. The molecule has 0 aromatic carbocycles. The van der Waals surface area contributed by atoms with Crippen molar-refractivity contribution >= 4 is 23.4 Å². The number of hydrogen-bond acceptors (Lipinski definition) is 3. The van der Waals surface area contributed by atoms with E-state index in [4.69, 9.17) is 5.11 Å². The summed E-state index contributed by atoms with van der Waals surface area (Å²) in [4.78, 5) is 14.0. The van der Waals surface area contributed by atoms with Gasteiger partial charge in [-0.3, -0.25) is 4.90 Å². The fourth-order valence-electron chi connectivity index (χ4n) is 1.63. The Morgan fingerprint density at radius 1 is 1.50 bits per heavy atom. The van der Waals surface area contributed by atoms with E-state index in [2.05, 4.69) is 32.7 Å². The van der Waals surface area contributed by atoms with E-state index in [0.717, 1.165) is 12.1 Å². The van der Waals surface area contributed by atoms with Gasteiger partial charge in [0.15, 0.2) is 0 Å². The largest absolute Gasteiger partial charge is 0.478 e. The van der Waals surface area contributed by atoms with Gasteiger partial charge in [-0.2, -0.15) is 0 Å². The highest BCUT2D eigenvalue weighted by Crippen LogP contribution is 2.19. The van der Waals surface area contributed by atoms with Crippen molar-refractivity contribution in [1.29, 1.82) is 0 Å². The van der Waals surface area contributed by atoms with Crippen LogP contribution in [0.1, 0.15) is 31.2 Å². The highest BCUT2D eigenvalue weighted by atomic mass is 32.1. The van der Waals surface area contributed by atoms with Gasteiger partial charge < -0.3 is 5.11 Å². The highest BCUT2D eigenvalue weighted by molar-refractivity contribution is 7.10. The van der Waals surface area contributed by atoms with Crippen molar-refractivity contribution in [1.82, 2.24) is 4.90 Å². The van der Waals surface area contributed by atoms with Gasteiger partial charge in [0.25, 0.3) is 0 Å². The Balaban J connectivity index is 2.61. The van der Waals surface area contributed by atoms with Crippen molar-refractivity contribution in [3.05, 3.63) is 28.0 Å². The van der Waals surface area contributed by atoms with E-state index in [1.165, 1.54) is 11.0 Å². The summed E-state index contributed by atoms with van der Waals surface area (Å²) >= 11 is 1.67. The Hall–Kier alpha value is -1.13. The van der Waals surface area contributed by atoms with Crippen LogP contribution < -0.4 is 0 Å². The monoisotopic (exact) mass is 267 g/mol. The zero-order chi connectivity index (χ0) is 13.7. The molecule has 0 spiro atoms. The molecule has 0 aliphatic carbocycles. The maximum absolute atomic E-state index is 10.4. The van der Waals surface area contributed by atoms with Crippen LogP contribution in [-0.4, -0.2) is 29.1 Å². The zero-order valence-electron chi connectivity index (χ0n) is 11.4. The molecule has 1 atom stereocenters. The lowest BCUT2D eigenvalue weighted by atomic mass is 10.1. The van der Waals surface area contributed by atoms with E-state index in [1.54, 1.807) is 17.4 Å². The zero-order valence-corrected chi connectivity index (χ0v) is 12.2. The summed E-state index contributed by atoms with van der Waals surface area (Å²) in [6.07, 6.45) is 2.81. The summed E-state index contributed by atoms with van der Waals surface area (Å²) < 4.78 is 0. The first-order valence-corrected chi connectivity index (χ1v) is 6.96. The third-order valence-electron chi connectivity index (χ3n) is 3.16. The average Bonchev–Trinajstić information content (AvgIpc) is 2.72. The minimum absolute atomic E-state index is 0.533. The third-order valence-corrected chi connectivity index (χ3v) is 4.10. The SMILES string of the molecule is CC(C)C(C)N(C)Cc1cc(C=CC(=O)O)cs1. The van der Waals surface area contributed by atoms with Gasteiger partial charge in [-0.1, -0.05) is 13.8 Å². The molecule has 100 valence electrons. The second-order valence-corrected chi connectivity index (χ2v) is 5.91. The van der Waals surface area contributed by atoms with Gasteiger partial charge in [-0.05, 0) is 43.0 Å². The minimum Gasteiger partial charge on any atom is -0.478 e. The third kappa shape index (κ3) is 4.63. The van der Waals surface area contributed by atoms with Gasteiger partial charge in [0.1, 0.15) is 0 Å². The Morgan fingerprint density at radius 2 is 2.17 bits per heavy atom. The lowest BCUT2D eigenvalue weighted by Crippen LogP contribution is -2.32. The van der Waals surface area contributed by atoms with Gasteiger partial charge in [-0.15, -0.1) is 11.3 Å². The molecule has 0 radical (unpaired) electrons. The molecule has 1 rings (SSSR count). The number of hydrogen-bond donors (Lipinski definition) is 1. The maximum atomic E-state index is 10.4. The number of nitrogens with zero attached hydrogens (tertiary/aromatic N) is 1. The molecule has 18 heavy (non-hydrogen) atoms. The lowest BCUT2D eigenvalue weighted by molar-refractivity contribution is -0.131. The van der Waals surface area contributed by atoms with E-state index in [9.17, 15) is 4.79 Å².